The molecule has 5 nitrogen and oxygen atoms in total. The molecule has 0 spiro atoms. The van der Waals surface area contributed by atoms with Gasteiger partial charge < -0.3 is 15.1 Å². The molecule has 2 aromatic carbocycles. The number of nitrogens with zero attached hydrogens (tertiary/aromatic N) is 2. The van der Waals surface area contributed by atoms with Crippen LogP contribution in [-0.4, -0.2) is 42.9 Å². The van der Waals surface area contributed by atoms with Gasteiger partial charge in [-0.15, -0.1) is 0 Å². The standard InChI is InChI=1S/C23H26FN3O2/c1-16-3-2-4-19(13-16)26-9-11-27(12-10-26)23(29)21-14-20(21)22(28)25-15-17-5-7-18(24)8-6-17/h2-8,13,20-21H,9-12,14-15H2,1H3,(H,25,28). The highest BCUT2D eigenvalue weighted by Crippen LogP contribution is 2.40. The maximum atomic E-state index is 12.9. The molecule has 1 aliphatic heterocycles. The molecule has 2 aliphatic rings. The van der Waals surface area contributed by atoms with E-state index in [1.807, 2.05) is 4.90 Å². The van der Waals surface area contributed by atoms with Gasteiger partial charge in [0.25, 0.3) is 0 Å². The summed E-state index contributed by atoms with van der Waals surface area (Å²) in [5.74, 6) is -0.733. The Hall–Kier alpha value is -2.89. The Labute approximate surface area is 170 Å². The van der Waals surface area contributed by atoms with Crippen LogP contribution in [0.1, 0.15) is 17.5 Å². The van der Waals surface area contributed by atoms with Crippen molar-refractivity contribution in [2.24, 2.45) is 11.8 Å². The highest BCUT2D eigenvalue weighted by molar-refractivity contribution is 5.92. The summed E-state index contributed by atoms with van der Waals surface area (Å²) in [5.41, 5.74) is 3.27. The summed E-state index contributed by atoms with van der Waals surface area (Å²) in [6.45, 7) is 5.43. The molecule has 29 heavy (non-hydrogen) atoms. The van der Waals surface area contributed by atoms with Crippen LogP contribution in [0.25, 0.3) is 0 Å². The van der Waals surface area contributed by atoms with Crippen molar-refractivity contribution < 1.29 is 14.0 Å². The summed E-state index contributed by atoms with van der Waals surface area (Å²) in [5, 5.41) is 2.86. The Morgan fingerprint density at radius 2 is 1.76 bits per heavy atom. The van der Waals surface area contributed by atoms with Gasteiger partial charge in [0.1, 0.15) is 5.82 Å². The number of carbonyl (C=O) groups is 2. The van der Waals surface area contributed by atoms with Gasteiger partial charge in [0.2, 0.25) is 11.8 Å². The second-order valence-corrected chi connectivity index (χ2v) is 7.94. The zero-order valence-corrected chi connectivity index (χ0v) is 16.6. The minimum absolute atomic E-state index is 0.0916. The molecule has 0 aromatic heterocycles. The average molecular weight is 395 g/mol. The summed E-state index contributed by atoms with van der Waals surface area (Å²) in [6, 6.07) is 14.5. The molecule has 2 unspecified atom stereocenters. The van der Waals surface area contributed by atoms with Crippen LogP contribution in [0.4, 0.5) is 10.1 Å². The number of nitrogens with one attached hydrogen (secondary N) is 1. The molecule has 4 rings (SSSR count). The van der Waals surface area contributed by atoms with Crippen molar-refractivity contribution in [3.8, 4) is 0 Å². The molecule has 2 aromatic rings. The molecule has 1 heterocycles. The minimum Gasteiger partial charge on any atom is -0.368 e. The van der Waals surface area contributed by atoms with Gasteiger partial charge in [-0.05, 0) is 48.7 Å². The van der Waals surface area contributed by atoms with Gasteiger partial charge in [-0.2, -0.15) is 0 Å². The van der Waals surface area contributed by atoms with E-state index in [0.717, 1.165) is 18.7 Å². The Kier molecular flexibility index (Phi) is 5.51. The minimum atomic E-state index is -0.296. The molecular weight excluding hydrogens is 369 g/mol. The summed E-state index contributed by atoms with van der Waals surface area (Å²) in [4.78, 5) is 29.3. The topological polar surface area (TPSA) is 52.7 Å². The van der Waals surface area contributed by atoms with E-state index in [0.29, 0.717) is 26.1 Å². The van der Waals surface area contributed by atoms with Gasteiger partial charge in [0.15, 0.2) is 0 Å². The number of rotatable bonds is 5. The third-order valence-corrected chi connectivity index (χ3v) is 5.78. The van der Waals surface area contributed by atoms with Crippen LogP contribution in [0, 0.1) is 24.6 Å². The summed E-state index contributed by atoms with van der Waals surface area (Å²) < 4.78 is 12.9. The first-order valence-electron chi connectivity index (χ1n) is 10.1. The second kappa shape index (κ2) is 8.23. The lowest BCUT2D eigenvalue weighted by Gasteiger charge is -2.36. The third kappa shape index (κ3) is 4.58. The largest absolute Gasteiger partial charge is 0.368 e. The predicted octanol–water partition coefficient (Wildman–Crippen LogP) is 2.74. The van der Waals surface area contributed by atoms with E-state index in [9.17, 15) is 14.0 Å². The number of hydrogen-bond acceptors (Lipinski definition) is 3. The first-order valence-corrected chi connectivity index (χ1v) is 10.1. The predicted molar refractivity (Wildman–Crippen MR) is 110 cm³/mol. The van der Waals surface area contributed by atoms with E-state index in [-0.39, 0.29) is 29.5 Å². The van der Waals surface area contributed by atoms with Crippen LogP contribution in [0.15, 0.2) is 48.5 Å². The second-order valence-electron chi connectivity index (χ2n) is 7.94. The number of carbonyl (C=O) groups excluding carboxylic acids is 2. The maximum Gasteiger partial charge on any atom is 0.226 e. The Morgan fingerprint density at radius 3 is 2.45 bits per heavy atom. The summed E-state index contributed by atoms with van der Waals surface area (Å²) in [7, 11) is 0. The normalized spacial score (nSPS) is 21.0. The van der Waals surface area contributed by atoms with E-state index < -0.39 is 0 Å². The van der Waals surface area contributed by atoms with Gasteiger partial charge in [0.05, 0.1) is 11.8 Å². The fourth-order valence-corrected chi connectivity index (χ4v) is 3.92. The highest BCUT2D eigenvalue weighted by Gasteiger charge is 2.49. The molecule has 1 saturated carbocycles. The highest BCUT2D eigenvalue weighted by atomic mass is 19.1. The zero-order valence-electron chi connectivity index (χ0n) is 16.6. The molecular formula is C23H26FN3O2. The van der Waals surface area contributed by atoms with Crippen LogP contribution in [-0.2, 0) is 16.1 Å². The third-order valence-electron chi connectivity index (χ3n) is 5.78. The van der Waals surface area contributed by atoms with Crippen molar-refractivity contribution in [2.45, 2.75) is 19.9 Å². The van der Waals surface area contributed by atoms with E-state index >= 15 is 0 Å². The number of hydrogen-bond donors (Lipinski definition) is 1. The number of halogens is 1. The van der Waals surface area contributed by atoms with E-state index in [1.165, 1.54) is 23.4 Å². The Morgan fingerprint density at radius 1 is 1.03 bits per heavy atom. The first kappa shape index (κ1) is 19.4. The monoisotopic (exact) mass is 395 g/mol. The fraction of sp³-hybridized carbons (Fsp3) is 0.391. The summed E-state index contributed by atoms with van der Waals surface area (Å²) in [6.07, 6.45) is 0.617. The SMILES string of the molecule is Cc1cccc(N2CCN(C(=O)C3CC3C(=O)NCc3ccc(F)cc3)CC2)c1. The van der Waals surface area contributed by atoms with Crippen LogP contribution < -0.4 is 10.2 Å². The first-order chi connectivity index (χ1) is 14.0. The molecule has 1 N–H and O–H groups in total. The van der Waals surface area contributed by atoms with Crippen molar-refractivity contribution in [1.82, 2.24) is 10.2 Å². The van der Waals surface area contributed by atoms with Crippen molar-refractivity contribution in [3.63, 3.8) is 0 Å². The van der Waals surface area contributed by atoms with Crippen molar-refractivity contribution in [1.29, 1.82) is 0 Å². The van der Waals surface area contributed by atoms with Crippen molar-refractivity contribution >= 4 is 17.5 Å². The Balaban J connectivity index is 1.24. The van der Waals surface area contributed by atoms with E-state index in [4.69, 9.17) is 0 Å². The molecule has 6 heteroatoms. The molecule has 0 radical (unpaired) electrons. The van der Waals surface area contributed by atoms with Crippen LogP contribution in [0.5, 0.6) is 0 Å². The number of benzene rings is 2. The van der Waals surface area contributed by atoms with E-state index in [1.54, 1.807) is 12.1 Å². The molecule has 2 fully saturated rings. The Bertz CT molecular complexity index is 891. The molecule has 1 saturated heterocycles. The van der Waals surface area contributed by atoms with Gasteiger partial charge in [-0.3, -0.25) is 9.59 Å². The molecule has 0 bridgehead atoms. The van der Waals surface area contributed by atoms with Gasteiger partial charge >= 0.3 is 0 Å². The molecule has 152 valence electrons. The fourth-order valence-electron chi connectivity index (χ4n) is 3.92. The molecule has 2 amide bonds. The van der Waals surface area contributed by atoms with Crippen LogP contribution in [0.3, 0.4) is 0 Å². The maximum absolute atomic E-state index is 12.9. The zero-order chi connectivity index (χ0) is 20.4. The molecule has 2 atom stereocenters. The van der Waals surface area contributed by atoms with Gasteiger partial charge in [-0.25, -0.2) is 4.39 Å². The lowest BCUT2D eigenvalue weighted by molar-refractivity contribution is -0.135. The van der Waals surface area contributed by atoms with E-state index in [2.05, 4.69) is 41.4 Å². The average Bonchev–Trinajstić information content (AvgIpc) is 3.54. The van der Waals surface area contributed by atoms with Crippen molar-refractivity contribution in [3.05, 3.63) is 65.5 Å². The summed E-state index contributed by atoms with van der Waals surface area (Å²) >= 11 is 0. The van der Waals surface area contributed by atoms with Crippen molar-refractivity contribution in [2.75, 3.05) is 31.1 Å². The van der Waals surface area contributed by atoms with Gasteiger partial charge in [0, 0.05) is 38.4 Å². The van der Waals surface area contributed by atoms with Crippen LogP contribution in [0.2, 0.25) is 0 Å². The molecule has 1 aliphatic carbocycles. The van der Waals surface area contributed by atoms with Gasteiger partial charge in [-0.1, -0.05) is 24.3 Å². The smallest absolute Gasteiger partial charge is 0.226 e. The lowest BCUT2D eigenvalue weighted by Crippen LogP contribution is -2.49. The lowest BCUT2D eigenvalue weighted by atomic mass is 10.1. The number of piperazine rings is 1. The quantitative estimate of drug-likeness (QED) is 0.847. The number of amides is 2. The number of anilines is 1. The number of aryl methyl sites for hydroxylation is 1. The van der Waals surface area contributed by atoms with Crippen LogP contribution >= 0.6 is 0 Å².